The van der Waals surface area contributed by atoms with Crippen LogP contribution in [0.1, 0.15) is 45.1 Å². The molecule has 22 heavy (non-hydrogen) atoms. The van der Waals surface area contributed by atoms with Crippen LogP contribution in [-0.4, -0.2) is 12.8 Å². The van der Waals surface area contributed by atoms with E-state index < -0.39 is 0 Å². The van der Waals surface area contributed by atoms with Crippen molar-refractivity contribution in [3.05, 3.63) is 45.1 Å². The van der Waals surface area contributed by atoms with Crippen molar-refractivity contribution in [1.29, 1.82) is 0 Å². The Bertz CT molecular complexity index is 713. The summed E-state index contributed by atoms with van der Waals surface area (Å²) in [5.41, 5.74) is 2.22. The van der Waals surface area contributed by atoms with E-state index >= 15 is 0 Å². The Morgan fingerprint density at radius 1 is 1.23 bits per heavy atom. The van der Waals surface area contributed by atoms with Gasteiger partial charge in [-0.25, -0.2) is 4.79 Å². The predicted molar refractivity (Wildman–Crippen MR) is 82.7 cm³/mol. The van der Waals surface area contributed by atoms with Crippen LogP contribution in [0.15, 0.2) is 24.3 Å². The number of benzene rings is 1. The molecule has 1 aliphatic carbocycles. The quantitative estimate of drug-likeness (QED) is 0.806. The molecular formula is C17H16O4S. The fourth-order valence-corrected chi connectivity index (χ4v) is 4.02. The second kappa shape index (κ2) is 5.32. The number of esters is 1. The first kappa shape index (κ1) is 13.6. The van der Waals surface area contributed by atoms with Gasteiger partial charge in [0.25, 0.3) is 0 Å². The van der Waals surface area contributed by atoms with Crippen molar-refractivity contribution >= 4 is 17.3 Å². The summed E-state index contributed by atoms with van der Waals surface area (Å²) in [7, 11) is 0. The van der Waals surface area contributed by atoms with Crippen LogP contribution >= 0.6 is 11.3 Å². The number of aryl methyl sites for hydroxylation is 2. The highest BCUT2D eigenvalue weighted by molar-refractivity contribution is 7.14. The highest BCUT2D eigenvalue weighted by Gasteiger charge is 2.22. The second-order valence-electron chi connectivity index (χ2n) is 5.57. The molecule has 0 amide bonds. The summed E-state index contributed by atoms with van der Waals surface area (Å²) in [4.78, 5) is 14.3. The largest absolute Gasteiger partial charge is 0.454 e. The zero-order chi connectivity index (χ0) is 15.1. The third kappa shape index (κ3) is 2.35. The number of hydrogen-bond acceptors (Lipinski definition) is 5. The van der Waals surface area contributed by atoms with Crippen LogP contribution in [-0.2, 0) is 17.6 Å². The van der Waals surface area contributed by atoms with E-state index in [-0.39, 0.29) is 18.9 Å². The molecule has 4 rings (SSSR count). The molecule has 1 aromatic heterocycles. The molecular weight excluding hydrogens is 300 g/mol. The van der Waals surface area contributed by atoms with Crippen LogP contribution < -0.4 is 9.47 Å². The summed E-state index contributed by atoms with van der Waals surface area (Å²) in [5, 5.41) is 0. The number of rotatable bonds is 3. The minimum absolute atomic E-state index is 0.244. The van der Waals surface area contributed by atoms with Gasteiger partial charge in [0.15, 0.2) is 11.5 Å². The monoisotopic (exact) mass is 316 g/mol. The minimum Gasteiger partial charge on any atom is -0.454 e. The maximum atomic E-state index is 12.3. The lowest BCUT2D eigenvalue weighted by Gasteiger charge is -2.13. The Morgan fingerprint density at radius 2 is 2.09 bits per heavy atom. The van der Waals surface area contributed by atoms with E-state index in [1.165, 1.54) is 16.9 Å². The van der Waals surface area contributed by atoms with Gasteiger partial charge >= 0.3 is 5.97 Å². The molecule has 2 aliphatic rings. The zero-order valence-electron chi connectivity index (χ0n) is 12.3. The molecule has 0 saturated heterocycles. The van der Waals surface area contributed by atoms with Gasteiger partial charge in [0.1, 0.15) is 11.0 Å². The molecule has 2 heterocycles. The molecule has 0 radical (unpaired) electrons. The highest BCUT2D eigenvalue weighted by atomic mass is 32.1. The summed E-state index contributed by atoms with van der Waals surface area (Å²) in [6, 6.07) is 7.61. The third-order valence-electron chi connectivity index (χ3n) is 4.10. The van der Waals surface area contributed by atoms with E-state index in [4.69, 9.17) is 14.2 Å². The number of carbonyl (C=O) groups is 1. The molecule has 0 bridgehead atoms. The first-order valence-electron chi connectivity index (χ1n) is 7.43. The Labute approximate surface area is 132 Å². The maximum Gasteiger partial charge on any atom is 0.348 e. The number of carbonyl (C=O) groups excluding carboxylic acids is 1. The van der Waals surface area contributed by atoms with E-state index in [9.17, 15) is 4.79 Å². The lowest BCUT2D eigenvalue weighted by molar-refractivity contribution is 0.0343. The predicted octanol–water partition coefficient (Wildman–Crippen LogP) is 3.88. The number of thiophene rings is 1. The SMILES string of the molecule is C[C@H](OC(=O)c1cc2c(s1)CCC2)c1ccc2c(c1)OCO2. The molecule has 0 unspecified atom stereocenters. The summed E-state index contributed by atoms with van der Waals surface area (Å²) >= 11 is 1.57. The van der Waals surface area contributed by atoms with Gasteiger partial charge in [0.2, 0.25) is 6.79 Å². The Morgan fingerprint density at radius 3 is 2.95 bits per heavy atom. The van der Waals surface area contributed by atoms with Gasteiger partial charge in [-0.1, -0.05) is 6.07 Å². The van der Waals surface area contributed by atoms with Gasteiger partial charge in [-0.05, 0) is 55.5 Å². The lowest BCUT2D eigenvalue weighted by Crippen LogP contribution is -2.08. The molecule has 5 heteroatoms. The van der Waals surface area contributed by atoms with E-state index in [2.05, 4.69) is 0 Å². The van der Waals surface area contributed by atoms with Crippen molar-refractivity contribution in [2.24, 2.45) is 0 Å². The Kier molecular flexibility index (Phi) is 3.30. The van der Waals surface area contributed by atoms with Crippen molar-refractivity contribution in [2.75, 3.05) is 6.79 Å². The first-order chi connectivity index (χ1) is 10.7. The fraction of sp³-hybridized carbons (Fsp3) is 0.353. The molecule has 0 N–H and O–H groups in total. The van der Waals surface area contributed by atoms with Gasteiger partial charge in [-0.2, -0.15) is 0 Å². The second-order valence-corrected chi connectivity index (χ2v) is 6.71. The van der Waals surface area contributed by atoms with Crippen LogP contribution in [0.2, 0.25) is 0 Å². The van der Waals surface area contributed by atoms with Crippen molar-refractivity contribution in [3.63, 3.8) is 0 Å². The number of fused-ring (bicyclic) bond motifs is 2. The van der Waals surface area contributed by atoms with Crippen molar-refractivity contribution in [1.82, 2.24) is 0 Å². The minimum atomic E-state index is -0.320. The lowest BCUT2D eigenvalue weighted by atomic mass is 10.1. The molecule has 0 fully saturated rings. The average molecular weight is 316 g/mol. The number of ether oxygens (including phenoxy) is 3. The summed E-state index contributed by atoms with van der Waals surface area (Å²) in [5.74, 6) is 1.19. The molecule has 1 atom stereocenters. The molecule has 1 aliphatic heterocycles. The van der Waals surface area contributed by atoms with Crippen molar-refractivity contribution in [2.45, 2.75) is 32.3 Å². The van der Waals surface area contributed by atoms with Crippen molar-refractivity contribution < 1.29 is 19.0 Å². The molecule has 0 spiro atoms. The third-order valence-corrected chi connectivity index (χ3v) is 5.31. The molecule has 114 valence electrons. The van der Waals surface area contributed by atoms with E-state index in [0.717, 1.165) is 24.2 Å². The van der Waals surface area contributed by atoms with E-state index in [1.54, 1.807) is 11.3 Å². The number of hydrogen-bond donors (Lipinski definition) is 0. The van der Waals surface area contributed by atoms with Gasteiger partial charge in [-0.15, -0.1) is 11.3 Å². The van der Waals surface area contributed by atoms with Gasteiger partial charge in [0.05, 0.1) is 0 Å². The Balaban J connectivity index is 1.48. The van der Waals surface area contributed by atoms with Crippen LogP contribution in [0.3, 0.4) is 0 Å². The highest BCUT2D eigenvalue weighted by Crippen LogP contribution is 2.36. The summed E-state index contributed by atoms with van der Waals surface area (Å²) < 4.78 is 16.2. The van der Waals surface area contributed by atoms with E-state index in [0.29, 0.717) is 10.6 Å². The van der Waals surface area contributed by atoms with Crippen LogP contribution in [0.4, 0.5) is 0 Å². The summed E-state index contributed by atoms with van der Waals surface area (Å²) in [6.45, 7) is 2.12. The molecule has 4 nitrogen and oxygen atoms in total. The smallest absolute Gasteiger partial charge is 0.348 e. The fourth-order valence-electron chi connectivity index (χ4n) is 2.88. The summed E-state index contributed by atoms with van der Waals surface area (Å²) in [6.07, 6.45) is 3.05. The Hall–Kier alpha value is -2.01. The maximum absolute atomic E-state index is 12.3. The van der Waals surface area contributed by atoms with Gasteiger partial charge in [-0.3, -0.25) is 0 Å². The van der Waals surface area contributed by atoms with Crippen LogP contribution in [0, 0.1) is 0 Å². The van der Waals surface area contributed by atoms with E-state index in [1.807, 2.05) is 31.2 Å². The molecule has 0 saturated carbocycles. The normalized spacial score (nSPS) is 16.4. The zero-order valence-corrected chi connectivity index (χ0v) is 13.1. The topological polar surface area (TPSA) is 44.8 Å². The van der Waals surface area contributed by atoms with Crippen LogP contribution in [0.5, 0.6) is 11.5 Å². The average Bonchev–Trinajstić information content (AvgIpc) is 3.21. The van der Waals surface area contributed by atoms with Gasteiger partial charge in [0, 0.05) is 4.88 Å². The van der Waals surface area contributed by atoms with Crippen molar-refractivity contribution in [3.8, 4) is 11.5 Å². The van der Waals surface area contributed by atoms with Crippen LogP contribution in [0.25, 0.3) is 0 Å². The standard InChI is InChI=1S/C17H16O4S/c1-10(11-5-6-13-14(7-11)20-9-19-13)21-17(18)16-8-12-3-2-4-15(12)22-16/h5-8,10H,2-4,9H2,1H3/t10-/m0/s1. The molecule has 1 aromatic carbocycles. The molecule has 2 aromatic rings. The van der Waals surface area contributed by atoms with Gasteiger partial charge < -0.3 is 14.2 Å². The first-order valence-corrected chi connectivity index (χ1v) is 8.24.